The van der Waals surface area contributed by atoms with Crippen LogP contribution in [0.1, 0.15) is 52.1 Å². The highest BCUT2D eigenvalue weighted by atomic mass is 32.1. The van der Waals surface area contributed by atoms with Gasteiger partial charge in [-0.15, -0.1) is 21.5 Å². The standard InChI is InChI=1S/C14H16N2O2S/c1-8-2-3-12(19-8)10-6-11(10)14-16-15-13(18-14)9-4-5-17-7-9/h2-3,9-11H,4-7H2,1H3/t9-,10+,11-/m0/s1. The summed E-state index contributed by atoms with van der Waals surface area (Å²) in [6.45, 7) is 3.68. The molecule has 5 heteroatoms. The molecular weight excluding hydrogens is 260 g/mol. The SMILES string of the molecule is Cc1ccc([C@@H]2C[C@@H]2c2nnc([C@H]3CCOC3)o2)s1. The fourth-order valence-electron chi connectivity index (χ4n) is 2.73. The first-order valence-corrected chi connectivity index (χ1v) is 7.60. The Balaban J connectivity index is 1.49. The Kier molecular flexibility index (Phi) is 2.70. The van der Waals surface area contributed by atoms with E-state index in [1.165, 1.54) is 9.75 Å². The summed E-state index contributed by atoms with van der Waals surface area (Å²) in [6.07, 6.45) is 2.14. The lowest BCUT2D eigenvalue weighted by Crippen LogP contribution is -1.97. The lowest BCUT2D eigenvalue weighted by atomic mass is 10.1. The first-order chi connectivity index (χ1) is 9.31. The van der Waals surface area contributed by atoms with Crippen LogP contribution in [0.3, 0.4) is 0 Å². The van der Waals surface area contributed by atoms with Crippen molar-refractivity contribution in [2.75, 3.05) is 13.2 Å². The van der Waals surface area contributed by atoms with Crippen molar-refractivity contribution >= 4 is 11.3 Å². The quantitative estimate of drug-likeness (QED) is 0.863. The highest BCUT2D eigenvalue weighted by Crippen LogP contribution is 2.55. The number of rotatable bonds is 3. The Bertz CT molecular complexity index is 586. The van der Waals surface area contributed by atoms with Gasteiger partial charge in [0.05, 0.1) is 12.5 Å². The van der Waals surface area contributed by atoms with Gasteiger partial charge in [-0.05, 0) is 31.9 Å². The van der Waals surface area contributed by atoms with Crippen molar-refractivity contribution in [3.8, 4) is 0 Å². The van der Waals surface area contributed by atoms with Crippen LogP contribution in [0.2, 0.25) is 0 Å². The van der Waals surface area contributed by atoms with Gasteiger partial charge in [-0.2, -0.15) is 0 Å². The van der Waals surface area contributed by atoms with E-state index in [4.69, 9.17) is 9.15 Å². The summed E-state index contributed by atoms with van der Waals surface area (Å²) in [6, 6.07) is 4.41. The minimum Gasteiger partial charge on any atom is -0.425 e. The molecule has 1 aliphatic carbocycles. The smallest absolute Gasteiger partial charge is 0.222 e. The molecule has 0 radical (unpaired) electrons. The number of ether oxygens (including phenoxy) is 1. The number of aryl methyl sites for hydroxylation is 1. The van der Waals surface area contributed by atoms with Crippen LogP contribution in [-0.4, -0.2) is 23.4 Å². The van der Waals surface area contributed by atoms with Gasteiger partial charge in [-0.25, -0.2) is 0 Å². The second-order valence-corrected chi connectivity index (χ2v) is 6.76. The van der Waals surface area contributed by atoms with Crippen LogP contribution in [0.5, 0.6) is 0 Å². The van der Waals surface area contributed by atoms with E-state index in [1.54, 1.807) is 0 Å². The second-order valence-electron chi connectivity index (χ2n) is 5.44. The molecule has 1 saturated heterocycles. The Labute approximate surface area is 115 Å². The molecule has 2 aromatic heterocycles. The van der Waals surface area contributed by atoms with E-state index < -0.39 is 0 Å². The van der Waals surface area contributed by atoms with E-state index >= 15 is 0 Å². The summed E-state index contributed by atoms with van der Waals surface area (Å²) in [4.78, 5) is 2.82. The van der Waals surface area contributed by atoms with Crippen molar-refractivity contribution in [3.05, 3.63) is 33.7 Å². The van der Waals surface area contributed by atoms with Crippen molar-refractivity contribution < 1.29 is 9.15 Å². The molecule has 1 aliphatic heterocycles. The summed E-state index contributed by atoms with van der Waals surface area (Å²) in [5.41, 5.74) is 0. The summed E-state index contributed by atoms with van der Waals surface area (Å²) >= 11 is 1.88. The largest absolute Gasteiger partial charge is 0.425 e. The summed E-state index contributed by atoms with van der Waals surface area (Å²) in [5, 5.41) is 8.44. The van der Waals surface area contributed by atoms with Gasteiger partial charge in [0.2, 0.25) is 11.8 Å². The van der Waals surface area contributed by atoms with E-state index in [0.717, 1.165) is 37.8 Å². The van der Waals surface area contributed by atoms with E-state index in [-0.39, 0.29) is 0 Å². The van der Waals surface area contributed by atoms with E-state index in [1.807, 2.05) is 11.3 Å². The first kappa shape index (κ1) is 11.6. The Morgan fingerprint density at radius 3 is 2.84 bits per heavy atom. The van der Waals surface area contributed by atoms with E-state index in [0.29, 0.717) is 17.8 Å². The molecule has 4 nitrogen and oxygen atoms in total. The molecule has 2 fully saturated rings. The Morgan fingerprint density at radius 1 is 1.21 bits per heavy atom. The molecule has 0 bridgehead atoms. The monoisotopic (exact) mass is 276 g/mol. The van der Waals surface area contributed by atoms with Crippen molar-refractivity contribution in [2.24, 2.45) is 0 Å². The molecule has 2 aliphatic rings. The van der Waals surface area contributed by atoms with Gasteiger partial charge in [0.1, 0.15) is 0 Å². The van der Waals surface area contributed by atoms with Gasteiger partial charge < -0.3 is 9.15 Å². The van der Waals surface area contributed by atoms with Gasteiger partial charge in [0.15, 0.2) is 0 Å². The molecule has 0 spiro atoms. The fraction of sp³-hybridized carbons (Fsp3) is 0.571. The third-order valence-corrected chi connectivity index (χ3v) is 5.10. The lowest BCUT2D eigenvalue weighted by Gasteiger charge is -1.98. The lowest BCUT2D eigenvalue weighted by molar-refractivity contribution is 0.190. The number of hydrogen-bond donors (Lipinski definition) is 0. The maximum Gasteiger partial charge on any atom is 0.222 e. The van der Waals surface area contributed by atoms with Crippen molar-refractivity contribution in [1.82, 2.24) is 10.2 Å². The predicted molar refractivity (Wildman–Crippen MR) is 71.6 cm³/mol. The van der Waals surface area contributed by atoms with Crippen LogP contribution >= 0.6 is 11.3 Å². The minimum absolute atomic E-state index is 0.308. The molecule has 3 atom stereocenters. The Hall–Kier alpha value is -1.20. The average molecular weight is 276 g/mol. The molecule has 2 aromatic rings. The third kappa shape index (κ3) is 2.11. The minimum atomic E-state index is 0.308. The fourth-order valence-corrected chi connectivity index (χ4v) is 3.78. The average Bonchev–Trinajstić information content (AvgIpc) is 2.86. The normalized spacial score (nSPS) is 29.8. The summed E-state index contributed by atoms with van der Waals surface area (Å²) in [7, 11) is 0. The zero-order valence-corrected chi connectivity index (χ0v) is 11.7. The van der Waals surface area contributed by atoms with Gasteiger partial charge in [0.25, 0.3) is 0 Å². The highest BCUT2D eigenvalue weighted by molar-refractivity contribution is 7.12. The number of aromatic nitrogens is 2. The van der Waals surface area contributed by atoms with Crippen LogP contribution in [-0.2, 0) is 4.74 Å². The van der Waals surface area contributed by atoms with Crippen molar-refractivity contribution in [1.29, 1.82) is 0 Å². The summed E-state index contributed by atoms with van der Waals surface area (Å²) in [5.74, 6) is 2.91. The second kappa shape index (κ2) is 4.42. The molecule has 100 valence electrons. The number of thiophene rings is 1. The zero-order chi connectivity index (χ0) is 12.8. The molecule has 4 rings (SSSR count). The molecule has 0 amide bonds. The summed E-state index contributed by atoms with van der Waals surface area (Å²) < 4.78 is 11.2. The van der Waals surface area contributed by atoms with E-state index in [2.05, 4.69) is 29.3 Å². The van der Waals surface area contributed by atoms with Gasteiger partial charge >= 0.3 is 0 Å². The van der Waals surface area contributed by atoms with Crippen molar-refractivity contribution in [3.63, 3.8) is 0 Å². The molecule has 19 heavy (non-hydrogen) atoms. The predicted octanol–water partition coefficient (Wildman–Crippen LogP) is 3.21. The maximum absolute atomic E-state index is 5.85. The van der Waals surface area contributed by atoms with Crippen LogP contribution in [0, 0.1) is 6.92 Å². The maximum atomic E-state index is 5.85. The van der Waals surface area contributed by atoms with Crippen LogP contribution in [0.4, 0.5) is 0 Å². The van der Waals surface area contributed by atoms with Crippen LogP contribution in [0.25, 0.3) is 0 Å². The number of hydrogen-bond acceptors (Lipinski definition) is 5. The van der Waals surface area contributed by atoms with Crippen LogP contribution in [0.15, 0.2) is 16.5 Å². The molecule has 0 unspecified atom stereocenters. The van der Waals surface area contributed by atoms with Gasteiger partial charge in [-0.1, -0.05) is 0 Å². The van der Waals surface area contributed by atoms with Gasteiger partial charge in [-0.3, -0.25) is 0 Å². The molecule has 1 saturated carbocycles. The zero-order valence-electron chi connectivity index (χ0n) is 10.8. The van der Waals surface area contributed by atoms with Gasteiger partial charge in [0, 0.05) is 28.2 Å². The molecular formula is C14H16N2O2S. The van der Waals surface area contributed by atoms with Crippen molar-refractivity contribution in [2.45, 2.75) is 37.5 Å². The topological polar surface area (TPSA) is 48.2 Å². The third-order valence-electron chi connectivity index (χ3n) is 3.97. The molecule has 0 N–H and O–H groups in total. The molecule has 0 aromatic carbocycles. The van der Waals surface area contributed by atoms with E-state index in [9.17, 15) is 0 Å². The first-order valence-electron chi connectivity index (χ1n) is 6.78. The number of nitrogens with zero attached hydrogens (tertiary/aromatic N) is 2. The van der Waals surface area contributed by atoms with Crippen LogP contribution < -0.4 is 0 Å². The highest BCUT2D eigenvalue weighted by Gasteiger charge is 2.44. The Morgan fingerprint density at radius 2 is 2.11 bits per heavy atom. The molecule has 3 heterocycles.